The van der Waals surface area contributed by atoms with Crippen molar-refractivity contribution in [1.82, 2.24) is 10.3 Å². The maximum Gasteiger partial charge on any atom is 0.242 e. The Balaban J connectivity index is 1.61. The summed E-state index contributed by atoms with van der Waals surface area (Å²) in [7, 11) is 0. The van der Waals surface area contributed by atoms with Crippen LogP contribution in [0.2, 0.25) is 0 Å². The number of nitrogens with one attached hydrogen (secondary N) is 2. The molecule has 5 nitrogen and oxygen atoms in total. The van der Waals surface area contributed by atoms with E-state index in [0.29, 0.717) is 11.6 Å². The minimum Gasteiger partial charge on any atom is -0.439 e. The first kappa shape index (κ1) is 15.8. The van der Waals surface area contributed by atoms with E-state index < -0.39 is 0 Å². The molecule has 1 fully saturated rings. The second kappa shape index (κ2) is 7.48. The molecule has 0 spiro atoms. The van der Waals surface area contributed by atoms with Crippen LogP contribution >= 0.6 is 11.8 Å². The lowest BCUT2D eigenvalue weighted by Gasteiger charge is -2.11. The fourth-order valence-corrected chi connectivity index (χ4v) is 3.20. The minimum atomic E-state index is -0.132. The molecule has 2 N–H and O–H groups in total. The largest absolute Gasteiger partial charge is 0.439 e. The van der Waals surface area contributed by atoms with Crippen molar-refractivity contribution < 1.29 is 9.53 Å². The van der Waals surface area contributed by atoms with Crippen LogP contribution in [0.15, 0.2) is 42.6 Å². The topological polar surface area (TPSA) is 63.2 Å². The van der Waals surface area contributed by atoms with Crippen LogP contribution in [0.3, 0.4) is 0 Å². The van der Waals surface area contributed by atoms with Crippen LogP contribution in [0.4, 0.5) is 5.69 Å². The van der Waals surface area contributed by atoms with E-state index in [4.69, 9.17) is 4.74 Å². The standard InChI is InChI=1S/C17H19N3O2S/c1-2-12-4-3-5-14(8-12)22-16-7-6-13(9-18-16)20-17(21)15-10-23-11-19-15/h3-9,15,19H,2,10-11H2,1H3,(H,20,21). The predicted octanol–water partition coefficient (Wildman–Crippen LogP) is 3.04. The van der Waals surface area contributed by atoms with E-state index >= 15 is 0 Å². The van der Waals surface area contributed by atoms with Gasteiger partial charge in [-0.3, -0.25) is 10.1 Å². The molecule has 120 valence electrons. The van der Waals surface area contributed by atoms with Gasteiger partial charge in [-0.15, -0.1) is 11.8 Å². The third-order valence-electron chi connectivity index (χ3n) is 3.57. The second-order valence-electron chi connectivity index (χ2n) is 5.25. The molecule has 1 aromatic heterocycles. The van der Waals surface area contributed by atoms with Gasteiger partial charge in [0.25, 0.3) is 0 Å². The van der Waals surface area contributed by atoms with Crippen molar-refractivity contribution in [3.05, 3.63) is 48.2 Å². The van der Waals surface area contributed by atoms with Gasteiger partial charge in [-0.2, -0.15) is 0 Å². The number of aromatic nitrogens is 1. The lowest BCUT2D eigenvalue weighted by atomic mass is 10.2. The van der Waals surface area contributed by atoms with E-state index in [1.807, 2.05) is 18.2 Å². The number of hydrogen-bond acceptors (Lipinski definition) is 5. The first-order valence-corrected chi connectivity index (χ1v) is 8.75. The van der Waals surface area contributed by atoms with E-state index in [9.17, 15) is 4.79 Å². The number of carbonyl (C=O) groups excluding carboxylic acids is 1. The van der Waals surface area contributed by atoms with Crippen LogP contribution < -0.4 is 15.4 Å². The lowest BCUT2D eigenvalue weighted by Crippen LogP contribution is -2.37. The van der Waals surface area contributed by atoms with E-state index in [-0.39, 0.29) is 11.9 Å². The zero-order chi connectivity index (χ0) is 16.1. The molecule has 1 aliphatic heterocycles. The zero-order valence-corrected chi connectivity index (χ0v) is 13.7. The lowest BCUT2D eigenvalue weighted by molar-refractivity contribution is -0.117. The molecule has 1 aliphatic rings. The SMILES string of the molecule is CCc1cccc(Oc2ccc(NC(=O)C3CSCN3)cn2)c1. The highest BCUT2D eigenvalue weighted by atomic mass is 32.2. The number of aryl methyl sites for hydroxylation is 1. The van der Waals surface area contributed by atoms with E-state index in [0.717, 1.165) is 23.8 Å². The Morgan fingerprint density at radius 1 is 1.43 bits per heavy atom. The summed E-state index contributed by atoms with van der Waals surface area (Å²) in [6.07, 6.45) is 2.57. The average molecular weight is 329 g/mol. The highest BCUT2D eigenvalue weighted by molar-refractivity contribution is 7.99. The van der Waals surface area contributed by atoms with Crippen LogP contribution in [0.5, 0.6) is 11.6 Å². The number of hydrogen-bond donors (Lipinski definition) is 2. The summed E-state index contributed by atoms with van der Waals surface area (Å²) in [6, 6.07) is 11.4. The number of amides is 1. The second-order valence-corrected chi connectivity index (χ2v) is 6.28. The van der Waals surface area contributed by atoms with Crippen LogP contribution in [0, 0.1) is 0 Å². The fourth-order valence-electron chi connectivity index (χ4n) is 2.26. The smallest absolute Gasteiger partial charge is 0.242 e. The maximum absolute atomic E-state index is 12.0. The number of benzene rings is 1. The minimum absolute atomic E-state index is 0.0267. The molecule has 3 rings (SSSR count). The molecule has 1 aromatic carbocycles. The van der Waals surface area contributed by atoms with Gasteiger partial charge in [0.1, 0.15) is 5.75 Å². The normalized spacial score (nSPS) is 17.0. The molecular formula is C17H19N3O2S. The number of nitrogens with zero attached hydrogens (tertiary/aromatic N) is 1. The number of rotatable bonds is 5. The first-order chi connectivity index (χ1) is 11.2. The van der Waals surface area contributed by atoms with Crippen LogP contribution in [-0.4, -0.2) is 28.6 Å². The number of ether oxygens (including phenoxy) is 1. The van der Waals surface area contributed by atoms with E-state index in [1.54, 1.807) is 30.1 Å². The third kappa shape index (κ3) is 4.24. The maximum atomic E-state index is 12.0. The number of carbonyl (C=O) groups is 1. The first-order valence-electron chi connectivity index (χ1n) is 7.59. The Labute approximate surface area is 139 Å². The van der Waals surface area contributed by atoms with Crippen molar-refractivity contribution >= 4 is 23.4 Å². The Morgan fingerprint density at radius 3 is 3.04 bits per heavy atom. The van der Waals surface area contributed by atoms with Gasteiger partial charge in [0.05, 0.1) is 17.9 Å². The Kier molecular flexibility index (Phi) is 5.15. The summed E-state index contributed by atoms with van der Waals surface area (Å²) >= 11 is 1.72. The molecule has 1 saturated heterocycles. The van der Waals surface area contributed by atoms with E-state index in [1.165, 1.54) is 5.56 Å². The quantitative estimate of drug-likeness (QED) is 0.883. The summed E-state index contributed by atoms with van der Waals surface area (Å²) in [5.74, 6) is 2.86. The zero-order valence-electron chi connectivity index (χ0n) is 12.9. The van der Waals surface area contributed by atoms with Gasteiger partial charge < -0.3 is 10.1 Å². The van der Waals surface area contributed by atoms with Gasteiger partial charge in [-0.1, -0.05) is 19.1 Å². The highest BCUT2D eigenvalue weighted by Gasteiger charge is 2.22. The third-order valence-corrected chi connectivity index (χ3v) is 4.51. The van der Waals surface area contributed by atoms with E-state index in [2.05, 4.69) is 28.6 Å². The van der Waals surface area contributed by atoms with Gasteiger partial charge >= 0.3 is 0 Å². The molecule has 0 saturated carbocycles. The average Bonchev–Trinajstić information content (AvgIpc) is 3.11. The van der Waals surface area contributed by atoms with Gasteiger partial charge in [0, 0.05) is 17.7 Å². The highest BCUT2D eigenvalue weighted by Crippen LogP contribution is 2.22. The molecule has 1 unspecified atom stereocenters. The van der Waals surface area contributed by atoms with Crippen molar-refractivity contribution in [2.24, 2.45) is 0 Å². The summed E-state index contributed by atoms with van der Waals surface area (Å²) in [4.78, 5) is 16.3. The molecule has 0 radical (unpaired) electrons. The van der Waals surface area contributed by atoms with Crippen LogP contribution in [-0.2, 0) is 11.2 Å². The molecule has 1 atom stereocenters. The summed E-state index contributed by atoms with van der Waals surface area (Å²) in [5.41, 5.74) is 1.89. The molecule has 23 heavy (non-hydrogen) atoms. The van der Waals surface area contributed by atoms with Gasteiger partial charge in [-0.25, -0.2) is 4.98 Å². The molecular weight excluding hydrogens is 310 g/mol. The molecule has 6 heteroatoms. The Hall–Kier alpha value is -2.05. The molecule has 0 aliphatic carbocycles. The number of pyridine rings is 1. The van der Waals surface area contributed by atoms with Crippen molar-refractivity contribution in [3.8, 4) is 11.6 Å². The number of thioether (sulfide) groups is 1. The summed E-state index contributed by atoms with van der Waals surface area (Å²) < 4.78 is 5.74. The Bertz CT molecular complexity index is 670. The summed E-state index contributed by atoms with van der Waals surface area (Å²) in [6.45, 7) is 2.10. The van der Waals surface area contributed by atoms with Crippen molar-refractivity contribution in [2.75, 3.05) is 16.9 Å². The Morgan fingerprint density at radius 2 is 2.35 bits per heavy atom. The van der Waals surface area contributed by atoms with Crippen LogP contribution in [0.25, 0.3) is 0 Å². The monoisotopic (exact) mass is 329 g/mol. The molecule has 2 heterocycles. The summed E-state index contributed by atoms with van der Waals surface area (Å²) in [5, 5.41) is 6.00. The van der Waals surface area contributed by atoms with Crippen molar-refractivity contribution in [3.63, 3.8) is 0 Å². The van der Waals surface area contributed by atoms with Gasteiger partial charge in [-0.05, 0) is 30.2 Å². The number of anilines is 1. The van der Waals surface area contributed by atoms with Crippen LogP contribution in [0.1, 0.15) is 12.5 Å². The molecule has 1 amide bonds. The fraction of sp³-hybridized carbons (Fsp3) is 0.294. The molecule has 2 aromatic rings. The molecule has 0 bridgehead atoms. The van der Waals surface area contributed by atoms with Gasteiger partial charge in [0.2, 0.25) is 11.8 Å². The van der Waals surface area contributed by atoms with Gasteiger partial charge in [0.15, 0.2) is 0 Å². The van der Waals surface area contributed by atoms with Crippen molar-refractivity contribution in [1.29, 1.82) is 0 Å². The predicted molar refractivity (Wildman–Crippen MR) is 93.0 cm³/mol. The van der Waals surface area contributed by atoms with Crippen molar-refractivity contribution in [2.45, 2.75) is 19.4 Å².